The second-order valence-electron chi connectivity index (χ2n) is 7.79. The molecule has 2 N–H and O–H groups in total. The maximum atomic E-state index is 13.4. The number of rotatable bonds is 8. The monoisotopic (exact) mass is 558 g/mol. The van der Waals surface area contributed by atoms with Crippen LogP contribution in [0.2, 0.25) is 10.0 Å². The van der Waals surface area contributed by atoms with Crippen LogP contribution >= 0.6 is 23.2 Å². The summed E-state index contributed by atoms with van der Waals surface area (Å²) in [6.07, 6.45) is -2.30. The number of nitro groups is 1. The lowest BCUT2D eigenvalue weighted by Crippen LogP contribution is -2.54. The number of hydrogen-bond acceptors (Lipinski definition) is 7. The SMILES string of the molecule is CC(=O)N1CCN(S(=O)(=O)c2ccc(Cl)c(Cl)c2)C1C(=O)NC(CC(=O)O)c1cccc([N+](=O)[O-])c1. The fourth-order valence-electron chi connectivity index (χ4n) is 3.76. The van der Waals surface area contributed by atoms with Crippen molar-refractivity contribution in [3.63, 3.8) is 0 Å². The van der Waals surface area contributed by atoms with Crippen LogP contribution in [0.3, 0.4) is 0 Å². The number of carboxylic acid groups (broad SMARTS) is 1. The van der Waals surface area contributed by atoms with Gasteiger partial charge in [0.2, 0.25) is 15.9 Å². The van der Waals surface area contributed by atoms with E-state index in [0.29, 0.717) is 0 Å². The molecular weight excluding hydrogens is 539 g/mol. The molecule has 0 spiro atoms. The van der Waals surface area contributed by atoms with Crippen LogP contribution in [-0.2, 0) is 24.4 Å². The average molecular weight is 559 g/mol. The van der Waals surface area contributed by atoms with Crippen LogP contribution in [0.25, 0.3) is 0 Å². The number of nitro benzene ring substituents is 1. The summed E-state index contributed by atoms with van der Waals surface area (Å²) in [4.78, 5) is 48.3. The summed E-state index contributed by atoms with van der Waals surface area (Å²) in [7, 11) is -4.35. The van der Waals surface area contributed by atoms with Crippen molar-refractivity contribution in [3.05, 3.63) is 68.2 Å². The minimum absolute atomic E-state index is 0.0337. The van der Waals surface area contributed by atoms with Crippen molar-refractivity contribution in [2.75, 3.05) is 13.1 Å². The Kier molecular flexibility index (Phi) is 8.19. The van der Waals surface area contributed by atoms with Gasteiger partial charge >= 0.3 is 5.97 Å². The lowest BCUT2D eigenvalue weighted by molar-refractivity contribution is -0.384. The fraction of sp³-hybridized carbons (Fsp3) is 0.286. The topological polar surface area (TPSA) is 167 Å². The van der Waals surface area contributed by atoms with E-state index in [4.69, 9.17) is 23.2 Å². The fourth-order valence-corrected chi connectivity index (χ4v) is 5.70. The number of benzene rings is 2. The zero-order valence-electron chi connectivity index (χ0n) is 18.6. The zero-order valence-corrected chi connectivity index (χ0v) is 21.0. The first kappa shape index (κ1) is 27.3. The van der Waals surface area contributed by atoms with E-state index in [2.05, 4.69) is 5.32 Å². The van der Waals surface area contributed by atoms with Gasteiger partial charge in [0.05, 0.1) is 32.3 Å². The Labute approximate surface area is 215 Å². The van der Waals surface area contributed by atoms with E-state index in [0.717, 1.165) is 28.3 Å². The number of hydrogen-bond donors (Lipinski definition) is 2. The molecule has 0 aromatic heterocycles. The number of non-ortho nitro benzene ring substituents is 1. The van der Waals surface area contributed by atoms with Crippen LogP contribution in [-0.4, -0.2) is 64.7 Å². The normalized spacial score (nSPS) is 17.0. The summed E-state index contributed by atoms with van der Waals surface area (Å²) in [5.41, 5.74) is -0.210. The van der Waals surface area contributed by atoms with Gasteiger partial charge in [0, 0.05) is 32.1 Å². The molecule has 12 nitrogen and oxygen atoms in total. The number of carbonyl (C=O) groups excluding carboxylic acids is 2. The Morgan fingerprint density at radius 2 is 1.86 bits per heavy atom. The number of carbonyl (C=O) groups is 3. The molecule has 2 aromatic rings. The van der Waals surface area contributed by atoms with Gasteiger partial charge in [-0.3, -0.25) is 24.5 Å². The molecule has 36 heavy (non-hydrogen) atoms. The summed E-state index contributed by atoms with van der Waals surface area (Å²) in [5, 5.41) is 23.0. The summed E-state index contributed by atoms with van der Waals surface area (Å²) < 4.78 is 27.5. The van der Waals surface area contributed by atoms with Crippen molar-refractivity contribution in [1.82, 2.24) is 14.5 Å². The van der Waals surface area contributed by atoms with Crippen LogP contribution in [0.4, 0.5) is 5.69 Å². The largest absolute Gasteiger partial charge is 0.481 e. The number of aliphatic carboxylic acids is 1. The van der Waals surface area contributed by atoms with Crippen molar-refractivity contribution in [1.29, 1.82) is 0 Å². The molecule has 1 fully saturated rings. The quantitative estimate of drug-likeness (QED) is 0.367. The minimum Gasteiger partial charge on any atom is -0.481 e. The van der Waals surface area contributed by atoms with Gasteiger partial charge in [-0.05, 0) is 23.8 Å². The van der Waals surface area contributed by atoms with Crippen LogP contribution in [0.5, 0.6) is 0 Å². The summed E-state index contributed by atoms with van der Waals surface area (Å²) >= 11 is 11.8. The molecule has 1 aliphatic heterocycles. The molecule has 15 heteroatoms. The number of carboxylic acids is 1. The van der Waals surface area contributed by atoms with Gasteiger partial charge in [-0.1, -0.05) is 35.3 Å². The van der Waals surface area contributed by atoms with Gasteiger partial charge < -0.3 is 15.3 Å². The molecule has 2 aromatic carbocycles. The van der Waals surface area contributed by atoms with Crippen LogP contribution in [0.15, 0.2) is 47.4 Å². The first-order chi connectivity index (χ1) is 16.8. The summed E-state index contributed by atoms with van der Waals surface area (Å²) in [6.45, 7) is 0.833. The zero-order chi connectivity index (χ0) is 26.8. The smallest absolute Gasteiger partial charge is 0.305 e. The van der Waals surface area contributed by atoms with Gasteiger partial charge in [-0.15, -0.1) is 0 Å². The molecule has 2 atom stereocenters. The Bertz CT molecular complexity index is 1340. The summed E-state index contributed by atoms with van der Waals surface area (Å²) in [5.74, 6) is -2.89. The van der Waals surface area contributed by atoms with Gasteiger partial charge in [0.15, 0.2) is 6.17 Å². The second kappa shape index (κ2) is 10.8. The highest BCUT2D eigenvalue weighted by atomic mass is 35.5. The summed E-state index contributed by atoms with van der Waals surface area (Å²) in [6, 6.07) is 7.36. The molecule has 1 heterocycles. The molecule has 0 saturated carbocycles. The third-order valence-corrected chi connectivity index (χ3v) is 8.03. The van der Waals surface area contributed by atoms with E-state index in [1.807, 2.05) is 0 Å². The van der Waals surface area contributed by atoms with Gasteiger partial charge in [-0.2, -0.15) is 4.31 Å². The highest BCUT2D eigenvalue weighted by Gasteiger charge is 2.46. The highest BCUT2D eigenvalue weighted by molar-refractivity contribution is 7.89. The van der Waals surface area contributed by atoms with Crippen molar-refractivity contribution in [2.45, 2.75) is 30.4 Å². The predicted octanol–water partition coefficient (Wildman–Crippen LogP) is 2.41. The van der Waals surface area contributed by atoms with E-state index in [1.165, 1.54) is 30.3 Å². The Morgan fingerprint density at radius 1 is 1.17 bits per heavy atom. The van der Waals surface area contributed by atoms with Crippen molar-refractivity contribution < 1.29 is 32.8 Å². The molecule has 1 aliphatic rings. The standard InChI is InChI=1S/C21H20Cl2N4O8S/c1-12(28)25-7-8-26(36(34,35)15-5-6-16(22)17(23)10-15)21(25)20(31)24-18(11-19(29)30)13-3-2-4-14(9-13)27(32)33/h2-6,9-10,18,21H,7-8,11H2,1H3,(H,24,31)(H,29,30). The first-order valence-corrected chi connectivity index (χ1v) is 12.5. The average Bonchev–Trinajstić information content (AvgIpc) is 3.27. The van der Waals surface area contributed by atoms with E-state index in [-0.39, 0.29) is 39.3 Å². The number of halogens is 2. The Morgan fingerprint density at radius 3 is 2.44 bits per heavy atom. The van der Waals surface area contributed by atoms with Crippen molar-refractivity contribution in [2.24, 2.45) is 0 Å². The van der Waals surface area contributed by atoms with Crippen LogP contribution in [0.1, 0.15) is 24.9 Å². The van der Waals surface area contributed by atoms with E-state index < -0.39 is 51.4 Å². The molecule has 1 saturated heterocycles. The molecule has 2 unspecified atom stereocenters. The highest BCUT2D eigenvalue weighted by Crippen LogP contribution is 2.30. The molecule has 3 rings (SSSR count). The molecule has 192 valence electrons. The van der Waals surface area contributed by atoms with E-state index >= 15 is 0 Å². The molecular formula is C21H20Cl2N4O8S. The van der Waals surface area contributed by atoms with Crippen molar-refractivity contribution in [3.8, 4) is 0 Å². The van der Waals surface area contributed by atoms with Gasteiger partial charge in [0.1, 0.15) is 0 Å². The molecule has 2 amide bonds. The lowest BCUT2D eigenvalue weighted by atomic mass is 10.0. The first-order valence-electron chi connectivity index (χ1n) is 10.3. The minimum atomic E-state index is -4.35. The maximum Gasteiger partial charge on any atom is 0.305 e. The van der Waals surface area contributed by atoms with E-state index in [9.17, 15) is 38.0 Å². The number of amides is 2. The van der Waals surface area contributed by atoms with Crippen LogP contribution < -0.4 is 5.32 Å². The number of nitrogens with zero attached hydrogens (tertiary/aromatic N) is 3. The third-order valence-electron chi connectivity index (χ3n) is 5.44. The predicted molar refractivity (Wildman–Crippen MR) is 128 cm³/mol. The molecule has 0 aliphatic carbocycles. The Hall–Kier alpha value is -3.26. The molecule has 0 bridgehead atoms. The third kappa shape index (κ3) is 5.75. The van der Waals surface area contributed by atoms with Crippen LogP contribution in [0, 0.1) is 10.1 Å². The maximum absolute atomic E-state index is 13.4. The van der Waals surface area contributed by atoms with Gasteiger partial charge in [-0.25, -0.2) is 8.42 Å². The Balaban J connectivity index is 1.99. The second-order valence-corrected chi connectivity index (χ2v) is 10.5. The van der Waals surface area contributed by atoms with Crippen molar-refractivity contribution >= 4 is 56.7 Å². The van der Waals surface area contributed by atoms with E-state index in [1.54, 1.807) is 0 Å². The number of sulfonamides is 1. The number of nitrogens with one attached hydrogen (secondary N) is 1. The molecule has 0 radical (unpaired) electrons. The van der Waals surface area contributed by atoms with Gasteiger partial charge in [0.25, 0.3) is 11.6 Å². The lowest BCUT2D eigenvalue weighted by Gasteiger charge is -2.29.